The summed E-state index contributed by atoms with van der Waals surface area (Å²) in [5, 5.41) is 3.57. The normalized spacial score (nSPS) is 25.1. The first kappa shape index (κ1) is 24.9. The minimum Gasteiger partial charge on any atom is -0.378 e. The summed E-state index contributed by atoms with van der Waals surface area (Å²) < 4.78 is 70.1. The van der Waals surface area contributed by atoms with Crippen molar-refractivity contribution >= 4 is 22.4 Å². The van der Waals surface area contributed by atoms with Gasteiger partial charge < -0.3 is 14.8 Å². The van der Waals surface area contributed by atoms with Crippen molar-refractivity contribution in [2.75, 3.05) is 18.4 Å². The average molecular weight is 532 g/mol. The summed E-state index contributed by atoms with van der Waals surface area (Å²) in [4.78, 5) is 27.8. The Bertz CT molecular complexity index is 1530. The van der Waals surface area contributed by atoms with E-state index in [1.165, 1.54) is 16.7 Å². The van der Waals surface area contributed by atoms with Crippen molar-refractivity contribution in [2.45, 2.75) is 50.2 Å². The zero-order chi connectivity index (χ0) is 27.1. The lowest BCUT2D eigenvalue weighted by Crippen LogP contribution is -2.73. The average Bonchev–Trinajstić information content (AvgIpc) is 2.79. The number of aromatic nitrogens is 1. The molecular formula is C28H26F5N3O2. The molecule has 2 aromatic carbocycles. The first-order valence-corrected chi connectivity index (χ1v) is 12.5. The standard InChI is InChI=1S/C28H26F5N3O2/c1-14(34-22-4-3-15(29)5-21(22)24(32)33)18-6-16(30)7-20-19(18)8-23(35(2)25(20)37)27-11-28(12-27,13-27)26(38)36-9-17(31)10-36/h3-8,14,17,24,34H,9-13H2,1-2H3/t14-,27?,28?/m1/s1. The van der Waals surface area contributed by atoms with Gasteiger partial charge in [-0.15, -0.1) is 0 Å². The van der Waals surface area contributed by atoms with Crippen LogP contribution in [0.4, 0.5) is 27.6 Å². The van der Waals surface area contributed by atoms with Gasteiger partial charge >= 0.3 is 0 Å². The predicted octanol–water partition coefficient (Wildman–Crippen LogP) is 5.53. The monoisotopic (exact) mass is 531 g/mol. The van der Waals surface area contributed by atoms with Gasteiger partial charge in [-0.25, -0.2) is 22.0 Å². The minimum atomic E-state index is -2.92. The lowest BCUT2D eigenvalue weighted by Gasteiger charge is -2.70. The molecule has 0 unspecified atom stereocenters. The Labute approximate surface area is 215 Å². The number of fused-ring (bicyclic) bond motifs is 1. The highest BCUT2D eigenvalue weighted by Crippen LogP contribution is 2.74. The third-order valence-electron chi connectivity index (χ3n) is 8.59. The number of nitrogens with zero attached hydrogens (tertiary/aromatic N) is 2. The molecule has 1 amide bonds. The number of likely N-dealkylation sites (tertiary alicyclic amines) is 1. The van der Waals surface area contributed by atoms with Crippen molar-refractivity contribution in [3.8, 4) is 0 Å². The number of amides is 1. The number of halogens is 5. The van der Waals surface area contributed by atoms with Gasteiger partial charge in [-0.05, 0) is 73.5 Å². The molecular weight excluding hydrogens is 505 g/mol. The molecule has 0 spiro atoms. The molecule has 1 aromatic heterocycles. The van der Waals surface area contributed by atoms with E-state index in [1.807, 2.05) is 6.07 Å². The molecule has 1 aliphatic heterocycles. The maximum Gasteiger partial charge on any atom is 0.265 e. The molecule has 4 aliphatic rings. The van der Waals surface area contributed by atoms with Crippen LogP contribution in [0.2, 0.25) is 0 Å². The number of hydrogen-bond donors (Lipinski definition) is 1. The zero-order valence-electron chi connectivity index (χ0n) is 20.8. The van der Waals surface area contributed by atoms with Crippen molar-refractivity contribution in [1.82, 2.24) is 9.47 Å². The number of pyridine rings is 1. The smallest absolute Gasteiger partial charge is 0.265 e. The molecule has 1 N–H and O–H groups in total. The van der Waals surface area contributed by atoms with Gasteiger partial charge in [-0.1, -0.05) is 0 Å². The topological polar surface area (TPSA) is 54.3 Å². The molecule has 3 saturated carbocycles. The summed E-state index contributed by atoms with van der Waals surface area (Å²) in [6, 6.07) is 6.58. The van der Waals surface area contributed by atoms with Gasteiger partial charge in [0, 0.05) is 35.4 Å². The van der Waals surface area contributed by atoms with Crippen molar-refractivity contribution in [3.05, 3.63) is 75.2 Å². The third-order valence-corrected chi connectivity index (χ3v) is 8.59. The Kier molecular flexibility index (Phi) is 5.42. The fourth-order valence-corrected chi connectivity index (χ4v) is 6.74. The van der Waals surface area contributed by atoms with E-state index in [0.717, 1.165) is 23.9 Å². The van der Waals surface area contributed by atoms with Gasteiger partial charge in [0.1, 0.15) is 17.8 Å². The Hall–Kier alpha value is -3.43. The van der Waals surface area contributed by atoms with E-state index >= 15 is 0 Å². The van der Waals surface area contributed by atoms with Crippen LogP contribution < -0.4 is 10.9 Å². The number of carbonyl (C=O) groups is 1. The van der Waals surface area contributed by atoms with Gasteiger partial charge in [0.25, 0.3) is 12.0 Å². The molecule has 200 valence electrons. The molecule has 3 aliphatic carbocycles. The summed E-state index contributed by atoms with van der Waals surface area (Å²) in [7, 11) is 1.62. The Morgan fingerprint density at radius 3 is 2.29 bits per heavy atom. The second-order valence-electron chi connectivity index (χ2n) is 11.1. The molecule has 0 radical (unpaired) electrons. The van der Waals surface area contributed by atoms with Crippen LogP contribution in [0.1, 0.15) is 55.5 Å². The van der Waals surface area contributed by atoms with Gasteiger partial charge in [0.15, 0.2) is 0 Å². The SMILES string of the molecule is C[C@@H](Nc1ccc(F)cc1C(F)F)c1cc(F)cc2c(=O)n(C)c(C34CC(C(=O)N5CC(F)C5)(C3)C4)cc12. The Balaban J connectivity index is 1.35. The van der Waals surface area contributed by atoms with Gasteiger partial charge in [-0.2, -0.15) is 0 Å². The lowest BCUT2D eigenvalue weighted by molar-refractivity contribution is -0.194. The summed E-state index contributed by atoms with van der Waals surface area (Å²) in [5.41, 5.74) is -0.661. The molecule has 2 heterocycles. The lowest BCUT2D eigenvalue weighted by atomic mass is 9.33. The number of carbonyl (C=O) groups excluding carboxylic acids is 1. The molecule has 3 aromatic rings. The van der Waals surface area contributed by atoms with Gasteiger partial charge in [0.2, 0.25) is 5.91 Å². The summed E-state index contributed by atoms with van der Waals surface area (Å²) in [6.07, 6.45) is -2.22. The number of rotatable bonds is 6. The number of benzene rings is 2. The molecule has 7 rings (SSSR count). The fourth-order valence-electron chi connectivity index (χ4n) is 6.74. The first-order valence-electron chi connectivity index (χ1n) is 12.5. The van der Waals surface area contributed by atoms with E-state index in [1.54, 1.807) is 18.9 Å². The van der Waals surface area contributed by atoms with Crippen LogP contribution >= 0.6 is 0 Å². The van der Waals surface area contributed by atoms with E-state index in [9.17, 15) is 31.5 Å². The van der Waals surface area contributed by atoms with E-state index in [-0.39, 0.29) is 35.5 Å². The van der Waals surface area contributed by atoms with E-state index in [4.69, 9.17) is 0 Å². The molecule has 5 nitrogen and oxygen atoms in total. The number of nitrogens with one attached hydrogen (secondary N) is 1. The zero-order valence-corrected chi connectivity index (χ0v) is 20.8. The van der Waals surface area contributed by atoms with Crippen LogP contribution in [-0.4, -0.2) is 34.6 Å². The maximum atomic E-state index is 14.7. The van der Waals surface area contributed by atoms with Crippen molar-refractivity contribution in [1.29, 1.82) is 0 Å². The predicted molar refractivity (Wildman–Crippen MR) is 132 cm³/mol. The van der Waals surface area contributed by atoms with Crippen LogP contribution in [0.25, 0.3) is 10.8 Å². The number of alkyl halides is 3. The highest BCUT2D eigenvalue weighted by Gasteiger charge is 2.73. The fraction of sp³-hybridized carbons (Fsp3) is 0.429. The van der Waals surface area contributed by atoms with E-state index in [0.29, 0.717) is 30.2 Å². The Morgan fingerprint density at radius 2 is 1.66 bits per heavy atom. The summed E-state index contributed by atoms with van der Waals surface area (Å²) >= 11 is 0. The number of hydrogen-bond acceptors (Lipinski definition) is 3. The van der Waals surface area contributed by atoms with E-state index < -0.39 is 46.8 Å². The summed E-state index contributed by atoms with van der Waals surface area (Å²) in [6.45, 7) is 1.91. The first-order chi connectivity index (χ1) is 17.9. The van der Waals surface area contributed by atoms with Gasteiger partial charge in [-0.3, -0.25) is 9.59 Å². The third kappa shape index (κ3) is 3.55. The summed E-state index contributed by atoms with van der Waals surface area (Å²) in [5.74, 6) is -1.47. The highest BCUT2D eigenvalue weighted by atomic mass is 19.3. The van der Waals surface area contributed by atoms with Crippen molar-refractivity contribution in [3.63, 3.8) is 0 Å². The van der Waals surface area contributed by atoms with Crippen LogP contribution in [0, 0.1) is 17.0 Å². The molecule has 2 bridgehead atoms. The van der Waals surface area contributed by atoms with Crippen molar-refractivity contribution in [2.24, 2.45) is 12.5 Å². The maximum absolute atomic E-state index is 14.7. The molecule has 1 atom stereocenters. The van der Waals surface area contributed by atoms with Crippen LogP contribution in [0.15, 0.2) is 41.2 Å². The molecule has 1 saturated heterocycles. The number of anilines is 1. The molecule has 4 fully saturated rings. The Morgan fingerprint density at radius 1 is 1.00 bits per heavy atom. The van der Waals surface area contributed by atoms with Crippen LogP contribution in [0.5, 0.6) is 0 Å². The largest absolute Gasteiger partial charge is 0.378 e. The molecule has 38 heavy (non-hydrogen) atoms. The molecule has 10 heteroatoms. The second-order valence-corrected chi connectivity index (χ2v) is 11.1. The van der Waals surface area contributed by atoms with Crippen LogP contribution in [-0.2, 0) is 17.3 Å². The van der Waals surface area contributed by atoms with E-state index in [2.05, 4.69) is 5.32 Å². The van der Waals surface area contributed by atoms with Crippen LogP contribution in [0.3, 0.4) is 0 Å². The highest BCUT2D eigenvalue weighted by molar-refractivity contribution is 5.90. The van der Waals surface area contributed by atoms with Gasteiger partial charge in [0.05, 0.1) is 23.9 Å². The minimum absolute atomic E-state index is 0.0109. The quantitative estimate of drug-likeness (QED) is 0.426. The van der Waals surface area contributed by atoms with Crippen molar-refractivity contribution < 1.29 is 26.7 Å². The second kappa shape index (κ2) is 8.28.